The number of sulfonamides is 1. The maximum atomic E-state index is 12.9. The number of benzene rings is 1. The molecule has 9 nitrogen and oxygen atoms in total. The van der Waals surface area contributed by atoms with Gasteiger partial charge in [-0.15, -0.1) is 11.3 Å². The van der Waals surface area contributed by atoms with E-state index in [0.29, 0.717) is 9.55 Å². The molecule has 0 saturated carbocycles. The zero-order chi connectivity index (χ0) is 19.1. The number of hydrogen-bond donors (Lipinski definition) is 3. The average molecular weight is 399 g/mol. The fraction of sp³-hybridized carbons (Fsp3) is 0.0714. The number of thiophene rings is 1. The van der Waals surface area contributed by atoms with E-state index in [1.165, 1.54) is 6.07 Å². The van der Waals surface area contributed by atoms with Crippen molar-refractivity contribution >= 4 is 32.3 Å². The smallest absolute Gasteiger partial charge is 0.340 e. The van der Waals surface area contributed by atoms with Crippen molar-refractivity contribution in [2.24, 2.45) is 0 Å². The van der Waals surface area contributed by atoms with E-state index in [-0.39, 0.29) is 22.0 Å². The topological polar surface area (TPSA) is 135 Å². The molecule has 0 saturated heterocycles. The predicted octanol–water partition coefficient (Wildman–Crippen LogP) is 0.337. The van der Waals surface area contributed by atoms with Crippen LogP contribution in [0, 0.1) is 5.82 Å². The number of halogens is 1. The van der Waals surface area contributed by atoms with Crippen LogP contribution in [0.25, 0.3) is 0 Å². The van der Waals surface area contributed by atoms with Crippen molar-refractivity contribution in [2.75, 3.05) is 5.43 Å². The number of anilines is 1. The van der Waals surface area contributed by atoms with Crippen molar-refractivity contribution < 1.29 is 22.7 Å². The third-order valence-corrected chi connectivity index (χ3v) is 5.78. The number of nitrogens with zero attached hydrogens (tertiary/aromatic N) is 1. The van der Waals surface area contributed by atoms with Gasteiger partial charge in [-0.3, -0.25) is 15.0 Å². The van der Waals surface area contributed by atoms with Crippen LogP contribution in [0.3, 0.4) is 0 Å². The fourth-order valence-electron chi connectivity index (χ4n) is 1.97. The van der Waals surface area contributed by atoms with Crippen LogP contribution in [-0.2, 0) is 16.6 Å². The minimum absolute atomic E-state index is 0.0210. The number of hydrogen-bond acceptors (Lipinski definition) is 7. The SMILES string of the molecule is O=C(O)c1cc(CNS(=O)(=O)c2ccc(F)cc2)sc1Nn1c(=O)c1=O. The molecule has 2 heterocycles. The number of nitrogens with one attached hydrogen (secondary N) is 2. The lowest BCUT2D eigenvalue weighted by molar-refractivity contribution is 0.0698. The monoisotopic (exact) mass is 399 g/mol. The molecule has 12 heteroatoms. The van der Waals surface area contributed by atoms with Crippen LogP contribution < -0.4 is 21.3 Å². The maximum Gasteiger partial charge on any atom is 0.340 e. The summed E-state index contributed by atoms with van der Waals surface area (Å²) in [5, 5.41) is 9.20. The normalized spacial score (nSPS) is 11.7. The van der Waals surface area contributed by atoms with Crippen LogP contribution in [0.1, 0.15) is 15.2 Å². The Balaban J connectivity index is 1.78. The summed E-state index contributed by atoms with van der Waals surface area (Å²) >= 11 is 0.874. The van der Waals surface area contributed by atoms with Crippen LogP contribution in [-0.4, -0.2) is 24.2 Å². The third-order valence-electron chi connectivity index (χ3n) is 3.33. The van der Waals surface area contributed by atoms with Crippen LogP contribution in [0.15, 0.2) is 44.8 Å². The van der Waals surface area contributed by atoms with Gasteiger partial charge in [0.05, 0.1) is 10.5 Å². The molecule has 0 bridgehead atoms. The Bertz CT molecular complexity index is 1130. The summed E-state index contributed by atoms with van der Waals surface area (Å²) < 4.78 is 40.1. The van der Waals surface area contributed by atoms with E-state index in [0.717, 1.165) is 35.6 Å². The first kappa shape index (κ1) is 18.0. The van der Waals surface area contributed by atoms with Crippen LogP contribution in [0.5, 0.6) is 0 Å². The lowest BCUT2D eigenvalue weighted by Gasteiger charge is -2.05. The molecule has 0 aliphatic rings. The Morgan fingerprint density at radius 3 is 2.35 bits per heavy atom. The minimum Gasteiger partial charge on any atom is -0.478 e. The second-order valence-electron chi connectivity index (χ2n) is 5.10. The highest BCUT2D eigenvalue weighted by molar-refractivity contribution is 7.89. The van der Waals surface area contributed by atoms with Crippen molar-refractivity contribution in [1.29, 1.82) is 0 Å². The van der Waals surface area contributed by atoms with Gasteiger partial charge < -0.3 is 5.11 Å². The molecular weight excluding hydrogens is 389 g/mol. The first-order valence-corrected chi connectivity index (χ1v) is 9.25. The van der Waals surface area contributed by atoms with E-state index in [9.17, 15) is 32.3 Å². The number of carboxylic acids is 1. The molecule has 3 N–H and O–H groups in total. The fourth-order valence-corrected chi connectivity index (χ4v) is 4.05. The first-order chi connectivity index (χ1) is 12.2. The number of carbonyl (C=O) groups is 1. The van der Waals surface area contributed by atoms with Gasteiger partial charge in [0.15, 0.2) is 0 Å². The summed E-state index contributed by atoms with van der Waals surface area (Å²) in [5.41, 5.74) is 0.568. The highest BCUT2D eigenvalue weighted by Crippen LogP contribution is 2.28. The molecule has 0 spiro atoms. The molecule has 1 aromatic carbocycles. The maximum absolute atomic E-state index is 12.9. The highest BCUT2D eigenvalue weighted by atomic mass is 32.2. The summed E-state index contributed by atoms with van der Waals surface area (Å²) in [7, 11) is -3.92. The van der Waals surface area contributed by atoms with Gasteiger partial charge in [-0.05, 0) is 30.3 Å². The number of aromatic nitrogens is 1. The molecule has 0 aliphatic heterocycles. The van der Waals surface area contributed by atoms with E-state index in [1.54, 1.807) is 0 Å². The largest absolute Gasteiger partial charge is 0.478 e. The number of carboxylic acid groups (broad SMARTS) is 1. The molecule has 0 unspecified atom stereocenters. The summed E-state index contributed by atoms with van der Waals surface area (Å²) in [6.45, 7) is -0.228. The van der Waals surface area contributed by atoms with Crippen LogP contribution in [0.4, 0.5) is 9.39 Å². The Morgan fingerprint density at radius 2 is 1.81 bits per heavy atom. The van der Waals surface area contributed by atoms with Gasteiger partial charge >= 0.3 is 17.1 Å². The Hall–Kier alpha value is -2.83. The van der Waals surface area contributed by atoms with Crippen LogP contribution in [0.2, 0.25) is 0 Å². The van der Waals surface area contributed by atoms with Gasteiger partial charge in [-0.1, -0.05) is 0 Å². The molecule has 26 heavy (non-hydrogen) atoms. The summed E-state index contributed by atoms with van der Waals surface area (Å²) in [6, 6.07) is 5.42. The zero-order valence-corrected chi connectivity index (χ0v) is 14.4. The second kappa shape index (κ2) is 6.48. The lowest BCUT2D eigenvalue weighted by atomic mass is 10.3. The molecule has 3 rings (SSSR count). The molecule has 0 aliphatic carbocycles. The molecule has 2 aromatic heterocycles. The van der Waals surface area contributed by atoms with Gasteiger partial charge in [0, 0.05) is 11.4 Å². The summed E-state index contributed by atoms with van der Waals surface area (Å²) in [4.78, 5) is 33.4. The van der Waals surface area contributed by atoms with Crippen molar-refractivity contribution in [1.82, 2.24) is 9.40 Å². The molecule has 0 fully saturated rings. The first-order valence-electron chi connectivity index (χ1n) is 6.95. The average Bonchev–Trinajstić information content (AvgIpc) is 2.98. The van der Waals surface area contributed by atoms with E-state index >= 15 is 0 Å². The standard InChI is InChI=1S/C14H10FN3O6S2/c15-7-1-3-9(4-2-7)26(23,24)16-6-8-5-10(14(21)22)11(25-8)17-18-12(19)13(18)20/h1-5,16-17H,6H2,(H,21,22). The van der Waals surface area contributed by atoms with Gasteiger partial charge in [-0.2, -0.15) is 4.68 Å². The van der Waals surface area contributed by atoms with Crippen molar-refractivity contribution in [2.45, 2.75) is 11.4 Å². The van der Waals surface area contributed by atoms with E-state index in [1.807, 2.05) is 0 Å². The quantitative estimate of drug-likeness (QED) is 0.488. The molecule has 0 atom stereocenters. The molecule has 0 radical (unpaired) electrons. The lowest BCUT2D eigenvalue weighted by Crippen LogP contribution is -2.22. The second-order valence-corrected chi connectivity index (χ2v) is 8.00. The number of rotatable bonds is 7. The van der Waals surface area contributed by atoms with Crippen LogP contribution >= 0.6 is 11.3 Å². The summed E-state index contributed by atoms with van der Waals surface area (Å²) in [6.07, 6.45) is 0. The van der Waals surface area contributed by atoms with Gasteiger partial charge in [0.1, 0.15) is 10.8 Å². The Kier molecular flexibility index (Phi) is 4.48. The van der Waals surface area contributed by atoms with Crippen molar-refractivity contribution in [3.8, 4) is 0 Å². The molecular formula is C14H10FN3O6S2. The van der Waals surface area contributed by atoms with Crippen molar-refractivity contribution in [3.63, 3.8) is 0 Å². The summed E-state index contributed by atoms with van der Waals surface area (Å²) in [5.74, 6) is -1.89. The third kappa shape index (κ3) is 3.56. The van der Waals surface area contributed by atoms with E-state index in [2.05, 4.69) is 10.1 Å². The van der Waals surface area contributed by atoms with E-state index < -0.39 is 32.9 Å². The molecule has 3 aromatic rings. The van der Waals surface area contributed by atoms with Gasteiger partial charge in [-0.25, -0.2) is 22.3 Å². The molecule has 0 amide bonds. The Morgan fingerprint density at radius 1 is 1.19 bits per heavy atom. The minimum atomic E-state index is -3.92. The van der Waals surface area contributed by atoms with Gasteiger partial charge in [0.2, 0.25) is 10.0 Å². The highest BCUT2D eigenvalue weighted by Gasteiger charge is 2.22. The Labute approximate surface area is 149 Å². The van der Waals surface area contributed by atoms with Crippen molar-refractivity contribution in [3.05, 3.63) is 67.3 Å². The predicted molar refractivity (Wildman–Crippen MR) is 90.1 cm³/mol. The number of aromatic carboxylic acids is 1. The zero-order valence-electron chi connectivity index (χ0n) is 12.7. The van der Waals surface area contributed by atoms with E-state index in [4.69, 9.17) is 0 Å². The van der Waals surface area contributed by atoms with Gasteiger partial charge in [0.25, 0.3) is 0 Å². The molecule has 136 valence electrons.